The number of aromatic nitrogens is 1. The number of nitrogens with zero attached hydrogens (tertiary/aromatic N) is 2. The van der Waals surface area contributed by atoms with Gasteiger partial charge in [-0.25, -0.2) is 4.98 Å². The minimum atomic E-state index is -2.27. The number of ether oxygens (including phenoxy) is 1. The molecule has 0 spiro atoms. The fourth-order valence-electron chi connectivity index (χ4n) is 2.05. The van der Waals surface area contributed by atoms with Crippen LogP contribution in [0.25, 0.3) is 0 Å². The van der Waals surface area contributed by atoms with Crippen molar-refractivity contribution in [3.05, 3.63) is 39.8 Å². The fourth-order valence-corrected chi connectivity index (χ4v) is 8.07. The number of amides is 1. The summed E-state index contributed by atoms with van der Waals surface area (Å²) in [7, 11) is 1.49. The molecule has 1 aliphatic heterocycles. The summed E-state index contributed by atoms with van der Waals surface area (Å²) in [5.74, 6) is -0.0351. The Kier molecular flexibility index (Phi) is 7.08. The standard InChI is InChI=1S/C14H16N4O2S.C2H2F.CH3.H2N.Sb/c1-8-18-6-10(21-8)7-20-9-3-4-12(15)11(5-9)13(17-2)14(16)19;1-2-3;;;/h3-6H,7,15H2,1-2H3,(H2,16,19);1-2H;1H3;1H2;/q;;;-1;+1. The maximum absolute atomic E-state index is 11.8. The van der Waals surface area contributed by atoms with Crippen molar-refractivity contribution in [1.29, 1.82) is 0 Å². The molecule has 7 nitrogen and oxygen atoms in total. The first-order valence-corrected chi connectivity index (χ1v) is 15.8. The molecule has 2 heterocycles. The number of aliphatic imine (C=N–C) groups is 1. The van der Waals surface area contributed by atoms with Crippen molar-refractivity contribution in [3.8, 4) is 5.75 Å². The van der Waals surface area contributed by atoms with Gasteiger partial charge in [-0.2, -0.15) is 0 Å². The van der Waals surface area contributed by atoms with E-state index >= 15 is 0 Å². The Labute approximate surface area is 165 Å². The van der Waals surface area contributed by atoms with E-state index in [1.807, 2.05) is 11.8 Å². The number of hydrogen-bond acceptors (Lipinski definition) is 7. The molecular weight excluding hydrogens is 479 g/mol. The molecule has 1 amide bonds. The Balaban J connectivity index is 0.000000369. The van der Waals surface area contributed by atoms with E-state index in [2.05, 4.69) is 9.98 Å². The van der Waals surface area contributed by atoms with Gasteiger partial charge in [0.25, 0.3) is 5.91 Å². The van der Waals surface area contributed by atoms with Crippen LogP contribution in [-0.4, -0.2) is 50.3 Å². The number of anilines is 1. The number of carbonyl (C=O) groups excluding carboxylic acids is 1. The number of hydrogen-bond donors (Lipinski definition) is 3. The summed E-state index contributed by atoms with van der Waals surface area (Å²) >= 11 is -0.701. The van der Waals surface area contributed by atoms with E-state index in [9.17, 15) is 9.18 Å². The second-order valence-corrected chi connectivity index (χ2v) is 16.6. The summed E-state index contributed by atoms with van der Waals surface area (Å²) in [6, 6.07) is 5.06. The van der Waals surface area contributed by atoms with Gasteiger partial charge in [-0.15, -0.1) is 11.3 Å². The van der Waals surface area contributed by atoms with Crippen LogP contribution in [0.15, 0.2) is 29.4 Å². The molecule has 0 aliphatic carbocycles. The van der Waals surface area contributed by atoms with Crippen LogP contribution in [0.4, 0.5) is 10.1 Å². The number of aryl methyl sites for hydroxylation is 1. The molecule has 0 fully saturated rings. The van der Waals surface area contributed by atoms with Crippen LogP contribution in [0.3, 0.4) is 0 Å². The summed E-state index contributed by atoms with van der Waals surface area (Å²) in [6.07, 6.45) is 1.78. The first-order chi connectivity index (χ1) is 12.6. The molecule has 27 heavy (non-hydrogen) atoms. The average molecular weight is 502 g/mol. The van der Waals surface area contributed by atoms with Gasteiger partial charge in [0.2, 0.25) is 0 Å². The predicted octanol–water partition coefficient (Wildman–Crippen LogP) is 1.31. The summed E-state index contributed by atoms with van der Waals surface area (Å²) in [4.78, 5) is 22.3. The van der Waals surface area contributed by atoms with Crippen LogP contribution in [0.2, 0.25) is 4.87 Å². The summed E-state index contributed by atoms with van der Waals surface area (Å²) in [6.45, 7) is 2.34. The van der Waals surface area contributed by atoms with Gasteiger partial charge >= 0.3 is 39.8 Å². The number of carbonyl (C=O) groups is 1. The Morgan fingerprint density at radius 3 is 2.56 bits per heavy atom. The number of nitrogens with two attached hydrogens (primary N) is 3. The Morgan fingerprint density at radius 2 is 2.11 bits per heavy atom. The minimum absolute atomic E-state index is 0.131. The number of primary amides is 1. The molecule has 2 aromatic rings. The molecule has 0 radical (unpaired) electrons. The van der Waals surface area contributed by atoms with Crippen LogP contribution < -0.4 is 20.1 Å². The van der Waals surface area contributed by atoms with Gasteiger partial charge in [-0.05, 0) is 25.1 Å². The molecule has 1 aromatic carbocycles. The molecule has 3 rings (SSSR count). The van der Waals surface area contributed by atoms with Crippen LogP contribution in [-0.2, 0) is 11.4 Å². The summed E-state index contributed by atoms with van der Waals surface area (Å²) < 4.78 is 23.9. The zero-order valence-electron chi connectivity index (χ0n) is 15.3. The third kappa shape index (κ3) is 6.09. The molecular formula is C17H23FN5O2SSb. The van der Waals surface area contributed by atoms with Crippen molar-refractivity contribution in [1.82, 2.24) is 4.98 Å². The molecule has 2 unspecified atom stereocenters. The van der Waals surface area contributed by atoms with Gasteiger partial charge in [0.1, 0.15) is 18.1 Å². The molecule has 1 aliphatic rings. The van der Waals surface area contributed by atoms with Crippen LogP contribution in [0.1, 0.15) is 15.4 Å². The number of thiazole rings is 1. The van der Waals surface area contributed by atoms with Gasteiger partial charge in [-0.1, -0.05) is 0 Å². The fraction of sp³-hybridized carbons (Fsp3) is 0.294. The van der Waals surface area contributed by atoms with Crippen molar-refractivity contribution in [2.75, 3.05) is 12.8 Å². The van der Waals surface area contributed by atoms with Crippen molar-refractivity contribution in [3.63, 3.8) is 0 Å². The Morgan fingerprint density at radius 1 is 1.48 bits per heavy atom. The first kappa shape index (κ1) is 21.5. The average Bonchev–Trinajstić information content (AvgIpc) is 2.95. The van der Waals surface area contributed by atoms with Crippen molar-refractivity contribution >= 4 is 51.2 Å². The third-order valence-corrected chi connectivity index (χ3v) is 9.62. The second kappa shape index (κ2) is 8.90. The van der Waals surface area contributed by atoms with E-state index < -0.39 is 28.6 Å². The summed E-state index contributed by atoms with van der Waals surface area (Å²) in [5, 5.41) is 0.987. The van der Waals surface area contributed by atoms with Gasteiger partial charge in [0.15, 0.2) is 0 Å². The summed E-state index contributed by atoms with van der Waals surface area (Å²) in [5.41, 5.74) is 12.2. The third-order valence-electron chi connectivity index (χ3n) is 3.67. The van der Waals surface area contributed by atoms with Crippen LogP contribution in [0, 0.1) is 6.92 Å². The van der Waals surface area contributed by atoms with Crippen molar-refractivity contribution < 1.29 is 13.9 Å². The monoisotopic (exact) mass is 501 g/mol. The second-order valence-electron chi connectivity index (χ2n) is 6.06. The molecule has 146 valence electrons. The van der Waals surface area contributed by atoms with E-state index in [4.69, 9.17) is 20.1 Å². The number of rotatable bonds is 5. The molecule has 0 saturated carbocycles. The molecule has 1 aromatic heterocycles. The normalized spacial score (nSPS) is 20.9. The first-order valence-electron chi connectivity index (χ1n) is 7.99. The van der Waals surface area contributed by atoms with E-state index in [0.717, 1.165) is 9.88 Å². The zero-order chi connectivity index (χ0) is 20.2. The molecule has 10 heteroatoms. The van der Waals surface area contributed by atoms with E-state index in [1.54, 1.807) is 39.7 Å². The van der Waals surface area contributed by atoms with Crippen molar-refractivity contribution in [2.24, 2.45) is 14.6 Å². The van der Waals surface area contributed by atoms with E-state index in [0.29, 0.717) is 23.6 Å². The number of benzene rings is 1. The number of halogens is 1. The molecule has 6 N–H and O–H groups in total. The van der Waals surface area contributed by atoms with Crippen LogP contribution >= 0.6 is 11.3 Å². The van der Waals surface area contributed by atoms with Gasteiger partial charge in [-0.3, -0.25) is 9.79 Å². The zero-order valence-corrected chi connectivity index (χ0v) is 18.7. The van der Waals surface area contributed by atoms with Gasteiger partial charge in [0.05, 0.1) is 9.88 Å². The number of alkyl halides is 1. The molecule has 2 atom stereocenters. The SMILES string of the molecule is CN=C(C(N)=O)c1cc(OCc2cnc(C)s2)ccc1N.[CH3][Sb]1([NH2])=[CH][CH]1F. The van der Waals surface area contributed by atoms with Gasteiger partial charge < -0.3 is 16.2 Å². The van der Waals surface area contributed by atoms with E-state index in [1.165, 1.54) is 7.05 Å². The maximum atomic E-state index is 11.8. The van der Waals surface area contributed by atoms with Gasteiger partial charge in [0, 0.05) is 24.5 Å². The predicted molar refractivity (Wildman–Crippen MR) is 110 cm³/mol. The Hall–Kier alpha value is -1.83. The van der Waals surface area contributed by atoms with Crippen LogP contribution in [0.5, 0.6) is 5.75 Å². The Bertz CT molecular complexity index is 922. The molecule has 0 saturated heterocycles. The topological polar surface area (TPSA) is 130 Å². The molecule has 0 bridgehead atoms. The van der Waals surface area contributed by atoms with Crippen molar-refractivity contribution in [2.45, 2.75) is 22.5 Å². The quantitative estimate of drug-likeness (QED) is 0.323. The number of nitrogen functional groups attached to an aromatic ring is 1. The van der Waals surface area contributed by atoms with E-state index in [-0.39, 0.29) is 5.71 Å².